The third-order valence-corrected chi connectivity index (χ3v) is 8.08. The molecular weight excluding hydrogens is 476 g/mol. The number of rotatable bonds is 6. The number of aryl methyl sites for hydroxylation is 1. The molecule has 8 nitrogen and oxygen atoms in total. The lowest BCUT2D eigenvalue weighted by molar-refractivity contribution is 0.0730. The molecule has 1 aliphatic heterocycles. The fraction of sp³-hybridized carbons (Fsp3) is 0.222. The summed E-state index contributed by atoms with van der Waals surface area (Å²) in [7, 11) is -3.73. The van der Waals surface area contributed by atoms with Crippen molar-refractivity contribution in [2.75, 3.05) is 26.3 Å². The van der Waals surface area contributed by atoms with E-state index in [1.165, 1.54) is 4.31 Å². The van der Waals surface area contributed by atoms with Crippen molar-refractivity contribution >= 4 is 26.8 Å². The third kappa shape index (κ3) is 4.99. The highest BCUT2D eigenvalue weighted by Crippen LogP contribution is 2.28. The second-order valence-corrected chi connectivity index (χ2v) is 10.6. The van der Waals surface area contributed by atoms with E-state index >= 15 is 0 Å². The summed E-state index contributed by atoms with van der Waals surface area (Å²) in [5.74, 6) is -0.306. The van der Waals surface area contributed by atoms with E-state index in [1.54, 1.807) is 36.7 Å². The molecule has 9 heteroatoms. The molecule has 1 fully saturated rings. The van der Waals surface area contributed by atoms with Gasteiger partial charge in [-0.3, -0.25) is 9.78 Å². The molecule has 0 spiro atoms. The first-order valence-electron chi connectivity index (χ1n) is 11.7. The van der Waals surface area contributed by atoms with Gasteiger partial charge in [0.25, 0.3) is 5.91 Å². The second-order valence-electron chi connectivity index (χ2n) is 8.65. The number of hydrogen-bond donors (Lipinski definition) is 1. The quantitative estimate of drug-likeness (QED) is 0.433. The van der Waals surface area contributed by atoms with Crippen LogP contribution < -0.4 is 5.32 Å². The summed E-state index contributed by atoms with van der Waals surface area (Å²) >= 11 is 0. The maximum absolute atomic E-state index is 13.4. The number of benzene rings is 2. The van der Waals surface area contributed by atoms with Crippen LogP contribution in [0.25, 0.3) is 22.2 Å². The zero-order valence-corrected chi connectivity index (χ0v) is 20.7. The van der Waals surface area contributed by atoms with Gasteiger partial charge in [-0.25, -0.2) is 13.4 Å². The molecule has 0 saturated carbocycles. The summed E-state index contributed by atoms with van der Waals surface area (Å²) in [4.78, 5) is 22.3. The molecular formula is C27H26N4O4S. The normalized spacial score (nSPS) is 14.6. The Balaban J connectivity index is 1.56. The zero-order valence-electron chi connectivity index (χ0n) is 19.8. The summed E-state index contributed by atoms with van der Waals surface area (Å²) in [5, 5.41) is 3.45. The van der Waals surface area contributed by atoms with Crippen LogP contribution in [0.5, 0.6) is 0 Å². The van der Waals surface area contributed by atoms with Crippen LogP contribution in [0.3, 0.4) is 0 Å². The van der Waals surface area contributed by atoms with Crippen LogP contribution in [-0.4, -0.2) is 54.9 Å². The smallest absolute Gasteiger partial charge is 0.252 e. The molecule has 0 aliphatic carbocycles. The lowest BCUT2D eigenvalue weighted by Crippen LogP contribution is -2.40. The fourth-order valence-corrected chi connectivity index (χ4v) is 5.58. The van der Waals surface area contributed by atoms with Crippen LogP contribution >= 0.6 is 0 Å². The van der Waals surface area contributed by atoms with Crippen molar-refractivity contribution in [2.24, 2.45) is 0 Å². The topological polar surface area (TPSA) is 101 Å². The van der Waals surface area contributed by atoms with Crippen LogP contribution in [0, 0.1) is 6.92 Å². The molecule has 1 saturated heterocycles. The average molecular weight is 503 g/mol. The number of pyridine rings is 2. The Labute approximate surface area is 210 Å². The van der Waals surface area contributed by atoms with E-state index in [9.17, 15) is 13.2 Å². The van der Waals surface area contributed by atoms with Gasteiger partial charge >= 0.3 is 0 Å². The van der Waals surface area contributed by atoms with Crippen molar-refractivity contribution in [3.8, 4) is 11.3 Å². The first kappa shape index (κ1) is 24.1. The van der Waals surface area contributed by atoms with E-state index < -0.39 is 10.0 Å². The van der Waals surface area contributed by atoms with Crippen molar-refractivity contribution in [1.29, 1.82) is 0 Å². The predicted molar refractivity (Wildman–Crippen MR) is 137 cm³/mol. The highest BCUT2D eigenvalue weighted by atomic mass is 32.2. The molecule has 4 aromatic rings. The third-order valence-electron chi connectivity index (χ3n) is 6.18. The van der Waals surface area contributed by atoms with Gasteiger partial charge in [0.15, 0.2) is 0 Å². The highest BCUT2D eigenvalue weighted by molar-refractivity contribution is 7.89. The number of hydrogen-bond acceptors (Lipinski definition) is 6. The van der Waals surface area contributed by atoms with Crippen LogP contribution in [-0.2, 0) is 21.3 Å². The number of fused-ring (bicyclic) bond motifs is 1. The Hall–Kier alpha value is -3.66. The standard InChI is InChI=1S/C27H26N4O4S/c1-19-2-4-20(5-3-19)18-29-27(32)24-17-26(21-8-10-28-11-9-21)30-25-7-6-22(16-23(24)25)36(33,34)31-12-14-35-15-13-31/h2-11,16-17H,12-15,18H2,1H3,(H,29,32). The van der Waals surface area contributed by atoms with E-state index in [2.05, 4.69) is 10.3 Å². The van der Waals surface area contributed by atoms with Gasteiger partial charge in [0, 0.05) is 43.0 Å². The van der Waals surface area contributed by atoms with E-state index in [0.29, 0.717) is 55.0 Å². The molecule has 0 unspecified atom stereocenters. The molecule has 0 radical (unpaired) electrons. The van der Waals surface area contributed by atoms with Crippen LogP contribution in [0.15, 0.2) is 78.0 Å². The Morgan fingerprint density at radius 1 is 1.00 bits per heavy atom. The summed E-state index contributed by atoms with van der Waals surface area (Å²) < 4.78 is 33.3. The largest absolute Gasteiger partial charge is 0.379 e. The Bertz CT molecular complexity index is 1500. The summed E-state index contributed by atoms with van der Waals surface area (Å²) in [6, 6.07) is 18.0. The Morgan fingerprint density at radius 3 is 2.44 bits per heavy atom. The van der Waals surface area contributed by atoms with Crippen LogP contribution in [0.1, 0.15) is 21.5 Å². The van der Waals surface area contributed by atoms with Crippen molar-refractivity contribution in [3.05, 3.63) is 89.7 Å². The van der Waals surface area contributed by atoms with Gasteiger partial charge in [-0.1, -0.05) is 29.8 Å². The number of carbonyl (C=O) groups is 1. The lowest BCUT2D eigenvalue weighted by Gasteiger charge is -2.26. The Kier molecular flexibility index (Phi) is 6.77. The van der Waals surface area contributed by atoms with Gasteiger partial charge < -0.3 is 10.1 Å². The number of nitrogens with one attached hydrogen (secondary N) is 1. The molecule has 2 aromatic carbocycles. The second kappa shape index (κ2) is 10.1. The van der Waals surface area contributed by atoms with Gasteiger partial charge in [-0.15, -0.1) is 0 Å². The lowest BCUT2D eigenvalue weighted by atomic mass is 10.0. The van der Waals surface area contributed by atoms with Crippen molar-refractivity contribution in [3.63, 3.8) is 0 Å². The van der Waals surface area contributed by atoms with E-state index in [0.717, 1.165) is 16.7 Å². The van der Waals surface area contributed by atoms with E-state index in [4.69, 9.17) is 9.72 Å². The van der Waals surface area contributed by atoms with Gasteiger partial charge in [-0.05, 0) is 48.9 Å². The number of carbonyl (C=O) groups excluding carboxylic acids is 1. The van der Waals surface area contributed by atoms with Crippen molar-refractivity contribution in [2.45, 2.75) is 18.4 Å². The minimum atomic E-state index is -3.73. The van der Waals surface area contributed by atoms with E-state index in [1.807, 2.05) is 43.3 Å². The van der Waals surface area contributed by atoms with Gasteiger partial charge in [0.1, 0.15) is 0 Å². The molecule has 3 heterocycles. The molecule has 5 rings (SSSR count). The first-order chi connectivity index (χ1) is 17.4. The molecule has 2 aromatic heterocycles. The van der Waals surface area contributed by atoms with Crippen molar-refractivity contribution in [1.82, 2.24) is 19.6 Å². The number of ether oxygens (including phenoxy) is 1. The van der Waals surface area contributed by atoms with Gasteiger partial charge in [0.05, 0.1) is 34.9 Å². The predicted octanol–water partition coefficient (Wildman–Crippen LogP) is 3.56. The molecule has 0 atom stereocenters. The number of sulfonamides is 1. The zero-order chi connectivity index (χ0) is 25.1. The van der Waals surface area contributed by atoms with E-state index in [-0.39, 0.29) is 10.8 Å². The maximum atomic E-state index is 13.4. The molecule has 36 heavy (non-hydrogen) atoms. The summed E-state index contributed by atoms with van der Waals surface area (Å²) in [6.07, 6.45) is 3.33. The number of amides is 1. The maximum Gasteiger partial charge on any atom is 0.252 e. The molecule has 184 valence electrons. The van der Waals surface area contributed by atoms with Gasteiger partial charge in [-0.2, -0.15) is 4.31 Å². The SMILES string of the molecule is Cc1ccc(CNC(=O)c2cc(-c3ccncc3)nc3ccc(S(=O)(=O)N4CCOCC4)cc23)cc1. The first-order valence-corrected chi connectivity index (χ1v) is 13.1. The minimum Gasteiger partial charge on any atom is -0.379 e. The summed E-state index contributed by atoms with van der Waals surface area (Å²) in [6.45, 7) is 3.66. The molecule has 1 N–H and O–H groups in total. The molecule has 1 amide bonds. The monoisotopic (exact) mass is 502 g/mol. The molecule has 0 bridgehead atoms. The number of morpholine rings is 1. The summed E-state index contributed by atoms with van der Waals surface area (Å²) in [5.41, 5.74) is 4.42. The number of aromatic nitrogens is 2. The minimum absolute atomic E-state index is 0.128. The Morgan fingerprint density at radius 2 is 1.72 bits per heavy atom. The van der Waals surface area contributed by atoms with Gasteiger partial charge in [0.2, 0.25) is 10.0 Å². The van der Waals surface area contributed by atoms with Crippen LogP contribution in [0.2, 0.25) is 0 Å². The van der Waals surface area contributed by atoms with Crippen molar-refractivity contribution < 1.29 is 17.9 Å². The fourth-order valence-electron chi connectivity index (χ4n) is 4.14. The van der Waals surface area contributed by atoms with Crippen LogP contribution in [0.4, 0.5) is 0 Å². The molecule has 1 aliphatic rings. The highest BCUT2D eigenvalue weighted by Gasteiger charge is 2.27. The number of nitrogens with zero attached hydrogens (tertiary/aromatic N) is 3. The average Bonchev–Trinajstić information content (AvgIpc) is 2.92.